The summed E-state index contributed by atoms with van der Waals surface area (Å²) in [5.41, 5.74) is -0.220. The van der Waals surface area contributed by atoms with E-state index < -0.39 is 29.5 Å². The number of hydrogen-bond acceptors (Lipinski definition) is 4. The van der Waals surface area contributed by atoms with Crippen LogP contribution in [0.5, 0.6) is 0 Å². The molecule has 2 N–H and O–H groups in total. The molecule has 6 nitrogen and oxygen atoms in total. The molecule has 0 bridgehead atoms. The Balaban J connectivity index is 1.83. The van der Waals surface area contributed by atoms with Gasteiger partial charge in [-0.25, -0.2) is 0 Å². The lowest BCUT2D eigenvalue weighted by molar-refractivity contribution is -0.143. The fraction of sp³-hybridized carbons (Fsp3) is 0.579. The van der Waals surface area contributed by atoms with Gasteiger partial charge in [0.15, 0.2) is 0 Å². The Morgan fingerprint density at radius 1 is 1.11 bits per heavy atom. The Morgan fingerprint density at radius 2 is 1.75 bits per heavy atom. The molecular weight excluding hydrogens is 375 g/mol. The first-order valence-corrected chi connectivity index (χ1v) is 9.41. The number of piperazine rings is 1. The molecule has 0 spiro atoms. The fourth-order valence-corrected chi connectivity index (χ4v) is 3.70. The van der Waals surface area contributed by atoms with Gasteiger partial charge in [-0.1, -0.05) is 6.07 Å². The van der Waals surface area contributed by atoms with Crippen molar-refractivity contribution in [3.05, 3.63) is 34.9 Å². The third-order valence-electron chi connectivity index (χ3n) is 5.40. The molecule has 0 saturated carbocycles. The van der Waals surface area contributed by atoms with E-state index in [1.807, 2.05) is 0 Å². The monoisotopic (exact) mass is 399 g/mol. The Morgan fingerprint density at radius 3 is 2.32 bits per heavy atom. The third kappa shape index (κ3) is 4.82. The average Bonchev–Trinajstić information content (AvgIpc) is 2.68. The van der Waals surface area contributed by atoms with Gasteiger partial charge in [-0.2, -0.15) is 13.2 Å². The highest BCUT2D eigenvalue weighted by molar-refractivity contribution is 5.96. The number of carbonyl (C=O) groups excluding carboxylic acids is 1. The van der Waals surface area contributed by atoms with Crippen LogP contribution >= 0.6 is 0 Å². The number of carboxylic acid groups (broad SMARTS) is 1. The van der Waals surface area contributed by atoms with E-state index in [0.717, 1.165) is 38.3 Å². The maximum absolute atomic E-state index is 13.2. The summed E-state index contributed by atoms with van der Waals surface area (Å²) >= 11 is 0. The topological polar surface area (TPSA) is 72.9 Å². The van der Waals surface area contributed by atoms with Gasteiger partial charge in [0.25, 0.3) is 5.91 Å². The lowest BCUT2D eigenvalue weighted by Gasteiger charge is -2.32. The second-order valence-corrected chi connectivity index (χ2v) is 7.30. The number of likely N-dealkylation sites (tertiary alicyclic amines) is 1. The number of nitrogens with zero attached hydrogens (tertiary/aromatic N) is 2. The molecule has 1 aromatic carbocycles. The molecular formula is C19H24F3N3O3. The molecule has 0 aromatic heterocycles. The maximum atomic E-state index is 13.2. The number of piperidine rings is 1. The Kier molecular flexibility index (Phi) is 6.24. The molecule has 9 heteroatoms. The van der Waals surface area contributed by atoms with E-state index in [1.165, 1.54) is 11.0 Å². The number of amides is 1. The largest absolute Gasteiger partial charge is 0.481 e. The van der Waals surface area contributed by atoms with Crippen molar-refractivity contribution in [1.29, 1.82) is 0 Å². The SMILES string of the molecule is O=C(O)C1CCN(C(=O)c2cc(C(F)(F)F)ccc2CN2CCNCC2)CC1. The van der Waals surface area contributed by atoms with Gasteiger partial charge in [-0.3, -0.25) is 14.5 Å². The van der Waals surface area contributed by atoms with Gasteiger partial charge in [0.1, 0.15) is 0 Å². The van der Waals surface area contributed by atoms with Crippen LogP contribution in [0.25, 0.3) is 0 Å². The van der Waals surface area contributed by atoms with Crippen molar-refractivity contribution in [2.75, 3.05) is 39.3 Å². The van der Waals surface area contributed by atoms with Crippen molar-refractivity contribution in [2.24, 2.45) is 5.92 Å². The molecule has 0 radical (unpaired) electrons. The Hall–Kier alpha value is -2.13. The van der Waals surface area contributed by atoms with Crippen LogP contribution in [0.15, 0.2) is 18.2 Å². The molecule has 2 fully saturated rings. The number of aliphatic carboxylic acids is 1. The van der Waals surface area contributed by atoms with Crippen molar-refractivity contribution in [3.8, 4) is 0 Å². The van der Waals surface area contributed by atoms with Crippen LogP contribution in [0.2, 0.25) is 0 Å². The van der Waals surface area contributed by atoms with Crippen molar-refractivity contribution in [1.82, 2.24) is 15.1 Å². The molecule has 154 valence electrons. The van der Waals surface area contributed by atoms with Crippen LogP contribution in [0.4, 0.5) is 13.2 Å². The summed E-state index contributed by atoms with van der Waals surface area (Å²) in [5, 5.41) is 12.3. The highest BCUT2D eigenvalue weighted by atomic mass is 19.4. The smallest absolute Gasteiger partial charge is 0.416 e. The summed E-state index contributed by atoms with van der Waals surface area (Å²) in [4.78, 5) is 27.7. The molecule has 1 aromatic rings. The summed E-state index contributed by atoms with van der Waals surface area (Å²) in [6.45, 7) is 4.00. The van der Waals surface area contributed by atoms with Gasteiger partial charge < -0.3 is 15.3 Å². The number of alkyl halides is 3. The van der Waals surface area contributed by atoms with Gasteiger partial charge in [0, 0.05) is 51.4 Å². The van der Waals surface area contributed by atoms with Gasteiger partial charge in [0.05, 0.1) is 11.5 Å². The van der Waals surface area contributed by atoms with Gasteiger partial charge in [-0.15, -0.1) is 0 Å². The molecule has 2 aliphatic rings. The summed E-state index contributed by atoms with van der Waals surface area (Å²) < 4.78 is 39.6. The standard InChI is InChI=1S/C19H24F3N3O3/c20-19(21,22)15-2-1-14(12-24-9-5-23-6-10-24)16(11-15)17(26)25-7-3-13(4-8-25)18(27)28/h1-2,11,13,23H,3-10,12H2,(H,27,28). The second-order valence-electron chi connectivity index (χ2n) is 7.30. The first kappa shape index (κ1) is 20.6. The normalized spacial score (nSPS) is 19.6. The number of halogens is 3. The maximum Gasteiger partial charge on any atom is 0.416 e. The quantitative estimate of drug-likeness (QED) is 0.811. The molecule has 0 aliphatic carbocycles. The number of hydrogen-bond donors (Lipinski definition) is 2. The van der Waals surface area contributed by atoms with Crippen LogP contribution in [0.3, 0.4) is 0 Å². The van der Waals surface area contributed by atoms with Crippen LogP contribution in [0, 0.1) is 5.92 Å². The van der Waals surface area contributed by atoms with E-state index in [0.29, 0.717) is 24.9 Å². The summed E-state index contributed by atoms with van der Waals surface area (Å²) in [6.07, 6.45) is -3.90. The predicted molar refractivity (Wildman–Crippen MR) is 95.9 cm³/mol. The zero-order valence-electron chi connectivity index (χ0n) is 15.5. The van der Waals surface area contributed by atoms with E-state index >= 15 is 0 Å². The molecule has 3 rings (SSSR count). The molecule has 0 unspecified atom stereocenters. The molecule has 2 aliphatic heterocycles. The average molecular weight is 399 g/mol. The van der Waals surface area contributed by atoms with Gasteiger partial charge in [0.2, 0.25) is 0 Å². The fourth-order valence-electron chi connectivity index (χ4n) is 3.70. The summed E-state index contributed by atoms with van der Waals surface area (Å²) in [7, 11) is 0. The lowest BCUT2D eigenvalue weighted by atomic mass is 9.95. The molecule has 1 amide bonds. The van der Waals surface area contributed by atoms with E-state index in [9.17, 15) is 22.8 Å². The zero-order valence-corrected chi connectivity index (χ0v) is 15.5. The number of benzene rings is 1. The van der Waals surface area contributed by atoms with Crippen LogP contribution in [-0.2, 0) is 17.5 Å². The molecule has 0 atom stereocenters. The van der Waals surface area contributed by atoms with Crippen molar-refractivity contribution < 1.29 is 27.9 Å². The highest BCUT2D eigenvalue weighted by Crippen LogP contribution is 2.32. The van der Waals surface area contributed by atoms with Crippen molar-refractivity contribution >= 4 is 11.9 Å². The van der Waals surface area contributed by atoms with E-state index in [2.05, 4.69) is 10.2 Å². The van der Waals surface area contributed by atoms with E-state index in [4.69, 9.17) is 5.11 Å². The van der Waals surface area contributed by atoms with Crippen molar-refractivity contribution in [3.63, 3.8) is 0 Å². The predicted octanol–water partition coefficient (Wildman–Crippen LogP) is 2.05. The van der Waals surface area contributed by atoms with Gasteiger partial charge in [-0.05, 0) is 30.5 Å². The molecule has 2 heterocycles. The summed E-state index contributed by atoms with van der Waals surface area (Å²) in [5.74, 6) is -1.86. The van der Waals surface area contributed by atoms with Crippen LogP contribution in [0.1, 0.15) is 34.3 Å². The van der Waals surface area contributed by atoms with Crippen LogP contribution < -0.4 is 5.32 Å². The van der Waals surface area contributed by atoms with E-state index in [-0.39, 0.29) is 18.7 Å². The molecule has 28 heavy (non-hydrogen) atoms. The number of nitrogens with one attached hydrogen (secondary N) is 1. The Bertz CT molecular complexity index is 725. The minimum absolute atomic E-state index is 0.0575. The minimum atomic E-state index is -4.53. The minimum Gasteiger partial charge on any atom is -0.481 e. The number of carboxylic acids is 1. The number of carbonyl (C=O) groups is 2. The first-order chi connectivity index (χ1) is 13.3. The zero-order chi connectivity index (χ0) is 20.3. The lowest BCUT2D eigenvalue weighted by Crippen LogP contribution is -2.43. The molecule has 2 saturated heterocycles. The highest BCUT2D eigenvalue weighted by Gasteiger charge is 2.34. The Labute approximate surface area is 161 Å². The van der Waals surface area contributed by atoms with E-state index in [1.54, 1.807) is 0 Å². The van der Waals surface area contributed by atoms with Crippen LogP contribution in [-0.4, -0.2) is 66.1 Å². The second kappa shape index (κ2) is 8.48. The third-order valence-corrected chi connectivity index (χ3v) is 5.40. The summed E-state index contributed by atoms with van der Waals surface area (Å²) in [6, 6.07) is 3.34. The van der Waals surface area contributed by atoms with Gasteiger partial charge >= 0.3 is 12.1 Å². The number of rotatable bonds is 4. The van der Waals surface area contributed by atoms with Crippen molar-refractivity contribution in [2.45, 2.75) is 25.6 Å². The first-order valence-electron chi connectivity index (χ1n) is 9.41.